The van der Waals surface area contributed by atoms with Gasteiger partial charge in [0.05, 0.1) is 11.2 Å². The van der Waals surface area contributed by atoms with E-state index in [4.69, 9.17) is 11.2 Å². The Bertz CT molecular complexity index is 619. The lowest BCUT2D eigenvalue weighted by Gasteiger charge is -2.08. The Balaban J connectivity index is 2.83. The Morgan fingerprint density at radius 2 is 2.28 bits per heavy atom. The van der Waals surface area contributed by atoms with Crippen LogP contribution < -0.4 is 0 Å². The van der Waals surface area contributed by atoms with Crippen LogP contribution >= 0.6 is 0 Å². The zero-order valence-electron chi connectivity index (χ0n) is 10.3. The standard InChI is InChI=1S/C15H15NO2/c1-4-12-15(14(17)5-2)11-8-6-7-9-13(11)16(12)10-18-3/h2,4,6-9,14,17H,1,10H2,3H3. The number of methoxy groups -OCH3 is 1. The van der Waals surface area contributed by atoms with Crippen LogP contribution in [0, 0.1) is 12.3 Å². The molecule has 3 nitrogen and oxygen atoms in total. The second kappa shape index (κ2) is 5.09. The Morgan fingerprint density at radius 1 is 1.56 bits per heavy atom. The molecule has 0 aliphatic carbocycles. The molecule has 1 heterocycles. The van der Waals surface area contributed by atoms with Crippen molar-refractivity contribution in [3.05, 3.63) is 42.1 Å². The van der Waals surface area contributed by atoms with E-state index in [-0.39, 0.29) is 0 Å². The molecule has 1 unspecified atom stereocenters. The number of para-hydroxylation sites is 1. The van der Waals surface area contributed by atoms with E-state index in [1.807, 2.05) is 28.8 Å². The zero-order valence-corrected chi connectivity index (χ0v) is 10.3. The van der Waals surface area contributed by atoms with Crippen LogP contribution in [0.25, 0.3) is 17.0 Å². The summed E-state index contributed by atoms with van der Waals surface area (Å²) in [7, 11) is 1.62. The Morgan fingerprint density at radius 3 is 2.89 bits per heavy atom. The summed E-state index contributed by atoms with van der Waals surface area (Å²) < 4.78 is 7.13. The molecule has 0 spiro atoms. The first-order valence-electron chi connectivity index (χ1n) is 5.61. The number of hydrogen-bond acceptors (Lipinski definition) is 2. The molecule has 92 valence electrons. The maximum atomic E-state index is 9.98. The van der Waals surface area contributed by atoms with E-state index in [0.717, 1.165) is 16.6 Å². The highest BCUT2D eigenvalue weighted by atomic mass is 16.5. The largest absolute Gasteiger partial charge is 0.376 e. The van der Waals surface area contributed by atoms with E-state index in [0.29, 0.717) is 12.3 Å². The molecule has 0 aliphatic rings. The van der Waals surface area contributed by atoms with Crippen molar-refractivity contribution in [3.8, 4) is 12.3 Å². The van der Waals surface area contributed by atoms with Crippen LogP contribution in [0.15, 0.2) is 30.8 Å². The molecule has 1 aromatic heterocycles. The van der Waals surface area contributed by atoms with Crippen molar-refractivity contribution < 1.29 is 9.84 Å². The van der Waals surface area contributed by atoms with Gasteiger partial charge in [-0.2, -0.15) is 0 Å². The van der Waals surface area contributed by atoms with Crippen molar-refractivity contribution in [3.63, 3.8) is 0 Å². The molecular formula is C15H15NO2. The van der Waals surface area contributed by atoms with Gasteiger partial charge in [0.15, 0.2) is 0 Å². The average molecular weight is 241 g/mol. The van der Waals surface area contributed by atoms with Crippen molar-refractivity contribution in [2.24, 2.45) is 0 Å². The maximum Gasteiger partial charge on any atom is 0.142 e. The van der Waals surface area contributed by atoms with Gasteiger partial charge in [0.1, 0.15) is 12.8 Å². The van der Waals surface area contributed by atoms with Crippen LogP contribution in [0.3, 0.4) is 0 Å². The molecule has 0 fully saturated rings. The van der Waals surface area contributed by atoms with E-state index in [1.54, 1.807) is 13.2 Å². The second-order valence-corrected chi connectivity index (χ2v) is 3.94. The quantitative estimate of drug-likeness (QED) is 0.835. The number of fused-ring (bicyclic) bond motifs is 1. The first-order chi connectivity index (χ1) is 8.74. The third-order valence-corrected chi connectivity index (χ3v) is 2.93. The SMILES string of the molecule is C#CC(O)c1c(C=C)n(COC)c2ccccc12. The highest BCUT2D eigenvalue weighted by Crippen LogP contribution is 2.31. The van der Waals surface area contributed by atoms with E-state index in [1.165, 1.54) is 0 Å². The molecule has 3 heteroatoms. The summed E-state index contributed by atoms with van der Waals surface area (Å²) in [5, 5.41) is 10.9. The minimum absolute atomic E-state index is 0.388. The van der Waals surface area contributed by atoms with Crippen molar-refractivity contribution in [1.29, 1.82) is 0 Å². The second-order valence-electron chi connectivity index (χ2n) is 3.94. The van der Waals surface area contributed by atoms with Crippen LogP contribution in [0.4, 0.5) is 0 Å². The predicted molar refractivity (Wildman–Crippen MR) is 72.8 cm³/mol. The van der Waals surface area contributed by atoms with Gasteiger partial charge < -0.3 is 14.4 Å². The maximum absolute atomic E-state index is 9.98. The van der Waals surface area contributed by atoms with Crippen molar-refractivity contribution in [2.45, 2.75) is 12.8 Å². The van der Waals surface area contributed by atoms with Crippen molar-refractivity contribution in [1.82, 2.24) is 4.57 Å². The highest BCUT2D eigenvalue weighted by Gasteiger charge is 2.19. The summed E-state index contributed by atoms with van der Waals surface area (Å²) in [5.41, 5.74) is 2.47. The van der Waals surface area contributed by atoms with Crippen molar-refractivity contribution >= 4 is 17.0 Å². The molecule has 0 aliphatic heterocycles. The number of benzene rings is 1. The summed E-state index contributed by atoms with van der Waals surface area (Å²) in [6.45, 7) is 4.18. The number of nitrogens with zero attached hydrogens (tertiary/aromatic N) is 1. The first kappa shape index (κ1) is 12.4. The van der Waals surface area contributed by atoms with Crippen molar-refractivity contribution in [2.75, 3.05) is 7.11 Å². The third-order valence-electron chi connectivity index (χ3n) is 2.93. The fourth-order valence-electron chi connectivity index (χ4n) is 2.21. The monoisotopic (exact) mass is 241 g/mol. The molecule has 2 aromatic rings. The Labute approximate surface area is 106 Å². The normalized spacial score (nSPS) is 12.3. The molecule has 1 aromatic carbocycles. The van der Waals surface area contributed by atoms with Gasteiger partial charge in [0, 0.05) is 18.1 Å². The smallest absolute Gasteiger partial charge is 0.142 e. The third kappa shape index (κ3) is 1.82. The van der Waals surface area contributed by atoms with Crippen LogP contribution in [0.5, 0.6) is 0 Å². The molecule has 1 atom stereocenters. The molecular weight excluding hydrogens is 226 g/mol. The number of ether oxygens (including phenoxy) is 1. The number of aliphatic hydroxyl groups is 1. The van der Waals surface area contributed by atoms with Crippen LogP contribution in [0.1, 0.15) is 17.4 Å². The first-order valence-corrected chi connectivity index (χ1v) is 5.61. The lowest BCUT2D eigenvalue weighted by molar-refractivity contribution is 0.134. The van der Waals surface area contributed by atoms with Gasteiger partial charge in [-0.3, -0.25) is 0 Å². The number of terminal acetylenes is 1. The molecule has 18 heavy (non-hydrogen) atoms. The molecule has 0 amide bonds. The van der Waals surface area contributed by atoms with Crippen LogP contribution in [-0.4, -0.2) is 16.8 Å². The molecule has 0 saturated carbocycles. The Kier molecular flexibility index (Phi) is 3.52. The fourth-order valence-corrected chi connectivity index (χ4v) is 2.21. The number of rotatable bonds is 4. The molecule has 0 bridgehead atoms. The van der Waals surface area contributed by atoms with E-state index >= 15 is 0 Å². The van der Waals surface area contributed by atoms with Gasteiger partial charge in [-0.1, -0.05) is 30.7 Å². The van der Waals surface area contributed by atoms with Gasteiger partial charge in [-0.05, 0) is 12.1 Å². The number of aliphatic hydroxyl groups excluding tert-OH is 1. The number of aromatic nitrogens is 1. The van der Waals surface area contributed by atoms with Gasteiger partial charge in [0.2, 0.25) is 0 Å². The van der Waals surface area contributed by atoms with Gasteiger partial charge in [-0.15, -0.1) is 6.42 Å². The molecule has 0 radical (unpaired) electrons. The topological polar surface area (TPSA) is 34.4 Å². The lowest BCUT2D eigenvalue weighted by atomic mass is 10.1. The van der Waals surface area contributed by atoms with Gasteiger partial charge >= 0.3 is 0 Å². The highest BCUT2D eigenvalue weighted by molar-refractivity contribution is 5.88. The molecule has 0 saturated heterocycles. The fraction of sp³-hybridized carbons (Fsp3) is 0.200. The molecule has 1 N–H and O–H groups in total. The van der Waals surface area contributed by atoms with Gasteiger partial charge in [0.25, 0.3) is 0 Å². The van der Waals surface area contributed by atoms with E-state index in [9.17, 15) is 5.11 Å². The number of hydrogen-bond donors (Lipinski definition) is 1. The molecule has 2 rings (SSSR count). The minimum Gasteiger partial charge on any atom is -0.376 e. The summed E-state index contributed by atoms with van der Waals surface area (Å²) in [5.74, 6) is 2.36. The van der Waals surface area contributed by atoms with Gasteiger partial charge in [-0.25, -0.2) is 0 Å². The zero-order chi connectivity index (χ0) is 13.1. The Hall–Kier alpha value is -2.02. The van der Waals surface area contributed by atoms with Crippen LogP contribution in [0.2, 0.25) is 0 Å². The predicted octanol–water partition coefficient (Wildman–Crippen LogP) is 2.55. The van der Waals surface area contributed by atoms with E-state index in [2.05, 4.69) is 12.5 Å². The lowest BCUT2D eigenvalue weighted by Crippen LogP contribution is -2.03. The summed E-state index contributed by atoms with van der Waals surface area (Å²) in [6.07, 6.45) is 6.07. The summed E-state index contributed by atoms with van der Waals surface area (Å²) in [4.78, 5) is 0. The average Bonchev–Trinajstić information content (AvgIpc) is 2.72. The van der Waals surface area contributed by atoms with E-state index < -0.39 is 6.10 Å². The summed E-state index contributed by atoms with van der Waals surface area (Å²) >= 11 is 0. The summed E-state index contributed by atoms with van der Waals surface area (Å²) in [6, 6.07) is 7.75. The minimum atomic E-state index is -0.944. The van der Waals surface area contributed by atoms with Crippen LogP contribution in [-0.2, 0) is 11.5 Å².